The summed E-state index contributed by atoms with van der Waals surface area (Å²) >= 11 is 0. The van der Waals surface area contributed by atoms with Crippen LogP contribution in [-0.4, -0.2) is 36.7 Å². The minimum Gasteiger partial charge on any atom is -0.481 e. The summed E-state index contributed by atoms with van der Waals surface area (Å²) in [6.45, 7) is 6.04. The molecule has 2 N–H and O–H groups in total. The summed E-state index contributed by atoms with van der Waals surface area (Å²) in [7, 11) is 1.52. The number of carboxylic acids is 1. The zero-order valence-electron chi connectivity index (χ0n) is 10.4. The molecular formula is C11H21NO4. The van der Waals surface area contributed by atoms with Crippen LogP contribution in [-0.2, 0) is 14.3 Å². The third-order valence-corrected chi connectivity index (χ3v) is 2.29. The van der Waals surface area contributed by atoms with Gasteiger partial charge in [-0.05, 0) is 5.41 Å². The lowest BCUT2D eigenvalue weighted by Crippen LogP contribution is -2.45. The molecule has 0 aliphatic heterocycles. The fourth-order valence-corrected chi connectivity index (χ4v) is 1.21. The first-order valence-electron chi connectivity index (χ1n) is 5.27. The summed E-state index contributed by atoms with van der Waals surface area (Å²) in [4.78, 5) is 22.1. The van der Waals surface area contributed by atoms with Gasteiger partial charge in [0, 0.05) is 19.6 Å². The maximum absolute atomic E-state index is 11.5. The van der Waals surface area contributed by atoms with E-state index in [0.29, 0.717) is 6.61 Å². The molecule has 94 valence electrons. The lowest BCUT2D eigenvalue weighted by Gasteiger charge is -2.30. The molecule has 0 aliphatic carbocycles. The molecule has 0 saturated heterocycles. The van der Waals surface area contributed by atoms with Crippen molar-refractivity contribution < 1.29 is 19.4 Å². The minimum atomic E-state index is -0.910. The number of nitrogens with one attached hydrogen (secondary N) is 1. The molecular weight excluding hydrogens is 210 g/mol. The maximum atomic E-state index is 11.5. The molecule has 0 aliphatic rings. The van der Waals surface area contributed by atoms with Gasteiger partial charge in [-0.25, -0.2) is 0 Å². The number of amides is 1. The first-order chi connectivity index (χ1) is 7.27. The lowest BCUT2D eigenvalue weighted by atomic mass is 9.84. The molecule has 0 aromatic heterocycles. The summed E-state index contributed by atoms with van der Waals surface area (Å²) in [6.07, 6.45) is 0.185. The minimum absolute atomic E-state index is 0.0672. The lowest BCUT2D eigenvalue weighted by molar-refractivity contribution is -0.138. The van der Waals surface area contributed by atoms with Crippen LogP contribution < -0.4 is 5.32 Å². The average molecular weight is 231 g/mol. The summed E-state index contributed by atoms with van der Waals surface area (Å²) in [5.74, 6) is -1.09. The average Bonchev–Trinajstić information content (AvgIpc) is 2.11. The van der Waals surface area contributed by atoms with Gasteiger partial charge >= 0.3 is 5.97 Å². The summed E-state index contributed by atoms with van der Waals surface area (Å²) < 4.78 is 4.78. The third kappa shape index (κ3) is 6.40. The highest BCUT2D eigenvalue weighted by Gasteiger charge is 2.28. The predicted octanol–water partition coefficient (Wildman–Crippen LogP) is 1.03. The van der Waals surface area contributed by atoms with Crippen LogP contribution in [0.4, 0.5) is 0 Å². The second-order valence-corrected chi connectivity index (χ2v) is 4.83. The third-order valence-electron chi connectivity index (χ3n) is 2.29. The van der Waals surface area contributed by atoms with E-state index in [9.17, 15) is 9.59 Å². The Morgan fingerprint density at radius 1 is 1.38 bits per heavy atom. The Labute approximate surface area is 96.2 Å². The van der Waals surface area contributed by atoms with Gasteiger partial charge in [-0.3, -0.25) is 9.59 Å². The van der Waals surface area contributed by atoms with Crippen molar-refractivity contribution in [3.63, 3.8) is 0 Å². The molecule has 0 fully saturated rings. The normalized spacial score (nSPS) is 13.2. The number of carbonyl (C=O) groups is 2. The molecule has 1 unspecified atom stereocenters. The van der Waals surface area contributed by atoms with E-state index in [1.807, 2.05) is 20.8 Å². The zero-order valence-corrected chi connectivity index (χ0v) is 10.4. The molecule has 16 heavy (non-hydrogen) atoms. The fraction of sp³-hybridized carbons (Fsp3) is 0.818. The van der Waals surface area contributed by atoms with Crippen molar-refractivity contribution >= 4 is 11.9 Å². The number of ether oxygens (including phenoxy) is 1. The van der Waals surface area contributed by atoms with Crippen LogP contribution in [0.15, 0.2) is 0 Å². The molecule has 1 atom stereocenters. The van der Waals surface area contributed by atoms with Crippen LogP contribution in [0.2, 0.25) is 0 Å². The second-order valence-electron chi connectivity index (χ2n) is 4.83. The number of rotatable bonds is 6. The summed E-state index contributed by atoms with van der Waals surface area (Å²) in [5, 5.41) is 11.5. The van der Waals surface area contributed by atoms with Crippen LogP contribution >= 0.6 is 0 Å². The molecule has 0 spiro atoms. The second kappa shape index (κ2) is 6.48. The maximum Gasteiger partial charge on any atom is 0.305 e. The number of aliphatic carboxylic acids is 1. The Bertz CT molecular complexity index is 245. The number of carbonyl (C=O) groups excluding carboxylic acids is 1. The first kappa shape index (κ1) is 14.9. The highest BCUT2D eigenvalue weighted by atomic mass is 16.5. The van der Waals surface area contributed by atoms with E-state index in [4.69, 9.17) is 9.84 Å². The molecule has 5 heteroatoms. The van der Waals surface area contributed by atoms with Crippen molar-refractivity contribution in [3.8, 4) is 0 Å². The van der Waals surface area contributed by atoms with Gasteiger partial charge in [0.25, 0.3) is 0 Å². The largest absolute Gasteiger partial charge is 0.481 e. The molecule has 0 bridgehead atoms. The van der Waals surface area contributed by atoms with Crippen LogP contribution in [0.1, 0.15) is 33.6 Å². The molecule has 0 aromatic rings. The quantitative estimate of drug-likeness (QED) is 0.716. The molecule has 0 rings (SSSR count). The molecule has 0 radical (unpaired) electrons. The number of hydrogen-bond donors (Lipinski definition) is 2. The Morgan fingerprint density at radius 3 is 2.31 bits per heavy atom. The Hall–Kier alpha value is -1.10. The SMILES string of the molecule is COCCC(=O)NC(CC(=O)O)C(C)(C)C. The highest BCUT2D eigenvalue weighted by Crippen LogP contribution is 2.21. The highest BCUT2D eigenvalue weighted by molar-refractivity contribution is 5.77. The van der Waals surface area contributed by atoms with E-state index in [0.717, 1.165) is 0 Å². The topological polar surface area (TPSA) is 75.6 Å². The molecule has 5 nitrogen and oxygen atoms in total. The Kier molecular flexibility index (Phi) is 6.03. The van der Waals surface area contributed by atoms with Gasteiger partial charge in [-0.15, -0.1) is 0 Å². The smallest absolute Gasteiger partial charge is 0.305 e. The summed E-state index contributed by atoms with van der Waals surface area (Å²) in [5.41, 5.74) is -0.277. The predicted molar refractivity (Wildman–Crippen MR) is 60.1 cm³/mol. The fourth-order valence-electron chi connectivity index (χ4n) is 1.21. The monoisotopic (exact) mass is 231 g/mol. The van der Waals surface area contributed by atoms with Gasteiger partial charge in [-0.1, -0.05) is 20.8 Å². The number of methoxy groups -OCH3 is 1. The van der Waals surface area contributed by atoms with Crippen molar-refractivity contribution in [1.82, 2.24) is 5.32 Å². The Morgan fingerprint density at radius 2 is 1.94 bits per heavy atom. The van der Waals surface area contributed by atoms with Gasteiger partial charge in [0.2, 0.25) is 5.91 Å². The van der Waals surface area contributed by atoms with Crippen LogP contribution in [0.3, 0.4) is 0 Å². The van der Waals surface area contributed by atoms with Gasteiger partial charge in [-0.2, -0.15) is 0 Å². The van der Waals surface area contributed by atoms with Gasteiger partial charge < -0.3 is 15.2 Å². The van der Waals surface area contributed by atoms with Gasteiger partial charge in [0.05, 0.1) is 13.0 Å². The van der Waals surface area contributed by atoms with Crippen LogP contribution in [0.5, 0.6) is 0 Å². The Balaban J connectivity index is 4.32. The van der Waals surface area contributed by atoms with Gasteiger partial charge in [0.15, 0.2) is 0 Å². The number of hydrogen-bond acceptors (Lipinski definition) is 3. The van der Waals surface area contributed by atoms with E-state index >= 15 is 0 Å². The molecule has 0 saturated carbocycles. The van der Waals surface area contributed by atoms with Crippen molar-refractivity contribution in [1.29, 1.82) is 0 Å². The summed E-state index contributed by atoms with van der Waals surface area (Å²) in [6, 6.07) is -0.366. The zero-order chi connectivity index (χ0) is 12.8. The van der Waals surface area contributed by atoms with Crippen molar-refractivity contribution in [2.24, 2.45) is 5.41 Å². The van der Waals surface area contributed by atoms with E-state index < -0.39 is 5.97 Å². The van der Waals surface area contributed by atoms with Crippen molar-refractivity contribution in [2.45, 2.75) is 39.7 Å². The van der Waals surface area contributed by atoms with E-state index in [1.165, 1.54) is 7.11 Å². The molecule has 1 amide bonds. The van der Waals surface area contributed by atoms with Crippen LogP contribution in [0.25, 0.3) is 0 Å². The van der Waals surface area contributed by atoms with E-state index in [2.05, 4.69) is 5.32 Å². The van der Waals surface area contributed by atoms with Gasteiger partial charge in [0.1, 0.15) is 0 Å². The van der Waals surface area contributed by atoms with E-state index in [-0.39, 0.29) is 30.2 Å². The standard InChI is InChI=1S/C11H21NO4/c1-11(2,3)8(7-10(14)15)12-9(13)5-6-16-4/h8H,5-7H2,1-4H3,(H,12,13)(H,14,15). The van der Waals surface area contributed by atoms with Crippen molar-refractivity contribution in [2.75, 3.05) is 13.7 Å². The van der Waals surface area contributed by atoms with Crippen molar-refractivity contribution in [3.05, 3.63) is 0 Å². The van der Waals surface area contributed by atoms with Crippen LogP contribution in [0, 0.1) is 5.41 Å². The first-order valence-corrected chi connectivity index (χ1v) is 5.27. The molecule has 0 aromatic carbocycles. The molecule has 0 heterocycles. The number of carboxylic acid groups (broad SMARTS) is 1. The van der Waals surface area contributed by atoms with E-state index in [1.54, 1.807) is 0 Å².